The van der Waals surface area contributed by atoms with Gasteiger partial charge in [0, 0.05) is 36.0 Å². The molecule has 1 aromatic carbocycles. The molecule has 0 radical (unpaired) electrons. The third kappa shape index (κ3) is 6.16. The van der Waals surface area contributed by atoms with Gasteiger partial charge in [0.15, 0.2) is 8.32 Å². The van der Waals surface area contributed by atoms with Crippen LogP contribution in [0, 0.1) is 18.3 Å². The molecule has 2 N–H and O–H groups in total. The van der Waals surface area contributed by atoms with E-state index in [0.29, 0.717) is 36.4 Å². The third-order valence-corrected chi connectivity index (χ3v) is 14.5. The van der Waals surface area contributed by atoms with Crippen LogP contribution in [0.15, 0.2) is 30.6 Å². The minimum atomic E-state index is -2.04. The topological polar surface area (TPSA) is 115 Å². The van der Waals surface area contributed by atoms with Gasteiger partial charge in [0.2, 0.25) is 5.95 Å². The van der Waals surface area contributed by atoms with Gasteiger partial charge in [-0.1, -0.05) is 27.7 Å². The molecule has 3 aromatic rings. The number of rotatable bonds is 8. The Balaban J connectivity index is 1.46. The highest BCUT2D eigenvalue weighted by atomic mass is 28.4. The minimum absolute atomic E-state index is 0.0702. The zero-order valence-corrected chi connectivity index (χ0v) is 28.8. The first-order valence-corrected chi connectivity index (χ1v) is 18.5. The van der Waals surface area contributed by atoms with E-state index in [4.69, 9.17) is 14.5 Å². The third-order valence-electron chi connectivity index (χ3n) is 9.97. The second-order valence-electron chi connectivity index (χ2n) is 14.4. The van der Waals surface area contributed by atoms with Crippen LogP contribution in [0.2, 0.25) is 25.0 Å². The molecule has 0 spiro atoms. The predicted octanol–water partition coefficient (Wildman–Crippen LogP) is 5.74. The largest absolute Gasteiger partial charge is 0.432 e. The molecule has 10 nitrogen and oxygen atoms in total. The lowest BCUT2D eigenvalue weighted by molar-refractivity contribution is 0.210. The maximum atomic E-state index is 10.7. The molecule has 44 heavy (non-hydrogen) atoms. The van der Waals surface area contributed by atoms with Gasteiger partial charge in [-0.3, -0.25) is 4.68 Å². The Bertz CT molecular complexity index is 1550. The van der Waals surface area contributed by atoms with Gasteiger partial charge in [-0.05, 0) is 88.6 Å². The van der Waals surface area contributed by atoms with E-state index in [1.807, 2.05) is 23.1 Å². The highest BCUT2D eigenvalue weighted by Gasteiger charge is 2.46. The molecule has 1 fully saturated rings. The van der Waals surface area contributed by atoms with E-state index in [0.717, 1.165) is 54.1 Å². The minimum Gasteiger partial charge on any atom is -0.432 e. The smallest absolute Gasteiger partial charge is 0.409 e. The van der Waals surface area contributed by atoms with Gasteiger partial charge in [0.1, 0.15) is 6.07 Å². The fourth-order valence-corrected chi connectivity index (χ4v) is 7.14. The average molecular weight is 615 g/mol. The number of piperidine rings is 1. The van der Waals surface area contributed by atoms with Crippen molar-refractivity contribution in [3.63, 3.8) is 0 Å². The van der Waals surface area contributed by atoms with Gasteiger partial charge in [0.25, 0.3) is 0 Å². The van der Waals surface area contributed by atoms with E-state index in [-0.39, 0.29) is 5.04 Å². The summed E-state index contributed by atoms with van der Waals surface area (Å²) in [6.45, 7) is 20.4. The van der Waals surface area contributed by atoms with E-state index >= 15 is 0 Å². The summed E-state index contributed by atoms with van der Waals surface area (Å²) in [7, 11) is -0.613. The van der Waals surface area contributed by atoms with E-state index < -0.39 is 20.8 Å². The summed E-state index contributed by atoms with van der Waals surface area (Å²) in [6.07, 6.45) is 5.75. The number of hydrogen-bond donors (Lipinski definition) is 2. The number of nitriles is 1. The first kappa shape index (κ1) is 32.2. The van der Waals surface area contributed by atoms with Crippen molar-refractivity contribution in [2.24, 2.45) is 0 Å². The second kappa shape index (κ2) is 11.9. The summed E-state index contributed by atoms with van der Waals surface area (Å²) >= 11 is 0. The van der Waals surface area contributed by atoms with E-state index in [2.05, 4.69) is 86.8 Å². The van der Waals surface area contributed by atoms with Crippen molar-refractivity contribution in [1.82, 2.24) is 24.6 Å². The number of nitrogens with zero attached hydrogens (tertiary/aromatic N) is 7. The SMILES string of the molecule is CB(O)N1C[C@](C)(CO[Si](C)(C)C(C)(C)C)c2cc(-c3ccnc(Nc4cnn(C5CCN(C)CC5)c4C)n3)cc(C#N)c21. The first-order valence-electron chi connectivity index (χ1n) is 15.6. The monoisotopic (exact) mass is 614 g/mol. The van der Waals surface area contributed by atoms with Gasteiger partial charge in [-0.25, -0.2) is 9.97 Å². The van der Waals surface area contributed by atoms with Crippen LogP contribution < -0.4 is 10.1 Å². The maximum Gasteiger partial charge on any atom is 0.409 e. The molecule has 0 unspecified atom stereocenters. The van der Waals surface area contributed by atoms with Gasteiger partial charge in [-0.15, -0.1) is 0 Å². The Morgan fingerprint density at radius 3 is 2.59 bits per heavy atom. The molecule has 0 amide bonds. The van der Waals surface area contributed by atoms with Crippen molar-refractivity contribution in [3.8, 4) is 17.3 Å². The number of anilines is 3. The number of nitrogens with one attached hydrogen (secondary N) is 1. The normalized spacial score (nSPS) is 19.6. The lowest BCUT2D eigenvalue weighted by Crippen LogP contribution is -2.47. The molecule has 5 rings (SSSR count). The molecule has 0 bridgehead atoms. The van der Waals surface area contributed by atoms with E-state index in [1.54, 1.807) is 13.0 Å². The Labute approximate surface area is 263 Å². The number of benzene rings is 1. The average Bonchev–Trinajstić information content (AvgIpc) is 3.48. The Kier molecular flexibility index (Phi) is 8.72. The molecule has 2 aliphatic heterocycles. The van der Waals surface area contributed by atoms with Crippen LogP contribution in [0.25, 0.3) is 11.3 Å². The Morgan fingerprint density at radius 2 is 1.95 bits per heavy atom. The van der Waals surface area contributed by atoms with Gasteiger partial charge < -0.3 is 24.5 Å². The van der Waals surface area contributed by atoms with Crippen LogP contribution in [0.4, 0.5) is 17.3 Å². The zero-order valence-electron chi connectivity index (χ0n) is 27.8. The van der Waals surface area contributed by atoms with Crippen molar-refractivity contribution >= 4 is 32.7 Å². The summed E-state index contributed by atoms with van der Waals surface area (Å²) in [4.78, 5) is 13.7. The lowest BCUT2D eigenvalue weighted by atomic mass is 9.83. The molecule has 1 saturated heterocycles. The molecule has 2 aliphatic rings. The quantitative estimate of drug-likeness (QED) is 0.307. The predicted molar refractivity (Wildman–Crippen MR) is 180 cm³/mol. The van der Waals surface area contributed by atoms with Crippen LogP contribution >= 0.6 is 0 Å². The van der Waals surface area contributed by atoms with Crippen LogP contribution in [-0.4, -0.2) is 78.3 Å². The lowest BCUT2D eigenvalue weighted by Gasteiger charge is -2.39. The van der Waals surface area contributed by atoms with Gasteiger partial charge in [-0.2, -0.15) is 10.4 Å². The Morgan fingerprint density at radius 1 is 1.25 bits per heavy atom. The van der Waals surface area contributed by atoms with E-state index in [1.165, 1.54) is 0 Å². The molecule has 2 aromatic heterocycles. The molecular weight excluding hydrogens is 567 g/mol. The van der Waals surface area contributed by atoms with Crippen LogP contribution in [0.1, 0.15) is 63.4 Å². The van der Waals surface area contributed by atoms with Crippen LogP contribution in [0.3, 0.4) is 0 Å². The number of hydrogen-bond acceptors (Lipinski definition) is 9. The van der Waals surface area contributed by atoms with Crippen LogP contribution in [-0.2, 0) is 9.84 Å². The van der Waals surface area contributed by atoms with E-state index in [9.17, 15) is 10.3 Å². The summed E-state index contributed by atoms with van der Waals surface area (Å²) in [5, 5.41) is 29.2. The van der Waals surface area contributed by atoms with Crippen molar-refractivity contribution in [3.05, 3.63) is 47.4 Å². The van der Waals surface area contributed by atoms with Crippen molar-refractivity contribution in [2.45, 2.75) is 83.9 Å². The summed E-state index contributed by atoms with van der Waals surface area (Å²) < 4.78 is 8.86. The molecule has 12 heteroatoms. The fourth-order valence-electron chi connectivity index (χ4n) is 6.03. The molecule has 234 valence electrons. The maximum absolute atomic E-state index is 10.7. The highest BCUT2D eigenvalue weighted by Crippen LogP contribution is 2.47. The van der Waals surface area contributed by atoms with Gasteiger partial charge in [0.05, 0.1) is 34.9 Å². The number of aromatic nitrogens is 4. The standard InChI is InChI=1S/C32H47BN8O2Si/c1-22-28(19-36-41(22)25-11-14-39(7)15-12-25)38-30-35-13-10-27(37-30)23-16-24(18-34)29-26(17-23)32(5,20-40(29)33(6)42)21-43-44(8,9)31(2,3)4/h10,13,16-17,19,25,42H,11-12,14-15,20-21H2,1-9H3,(H,35,37,38)/t32-/m1/s1. The second-order valence-corrected chi connectivity index (χ2v) is 19.2. The van der Waals surface area contributed by atoms with Crippen molar-refractivity contribution in [2.75, 3.05) is 43.4 Å². The first-order chi connectivity index (χ1) is 20.6. The fraction of sp³-hybridized carbons (Fsp3) is 0.562. The molecule has 0 aliphatic carbocycles. The summed E-state index contributed by atoms with van der Waals surface area (Å²) in [5.41, 5.74) is 5.35. The van der Waals surface area contributed by atoms with Gasteiger partial charge >= 0.3 is 7.05 Å². The van der Waals surface area contributed by atoms with Crippen molar-refractivity contribution in [1.29, 1.82) is 5.26 Å². The zero-order chi connectivity index (χ0) is 32.0. The molecule has 4 heterocycles. The summed E-state index contributed by atoms with van der Waals surface area (Å²) in [6, 6.07) is 8.64. The Hall–Kier alpha value is -3.24. The highest BCUT2D eigenvalue weighted by molar-refractivity contribution is 6.74. The van der Waals surface area contributed by atoms with Crippen molar-refractivity contribution < 1.29 is 9.45 Å². The molecule has 1 atom stereocenters. The summed E-state index contributed by atoms with van der Waals surface area (Å²) in [5.74, 6) is 0.474. The number of fused-ring (bicyclic) bond motifs is 1. The molecular formula is C32H47BN8O2Si. The molecule has 0 saturated carbocycles. The number of likely N-dealkylation sites (tertiary alicyclic amines) is 1. The van der Waals surface area contributed by atoms with Crippen LogP contribution in [0.5, 0.6) is 0 Å².